The monoisotopic (exact) mass is 216 g/mol. The SMILES string of the molecule is N#CCCC(N)c1ccc2[nH]c(=O)[nH]c2c1. The number of benzene rings is 1. The molecule has 1 aromatic heterocycles. The second-order valence-corrected chi connectivity index (χ2v) is 3.69. The lowest BCUT2D eigenvalue weighted by molar-refractivity contribution is 0.666. The fourth-order valence-corrected chi connectivity index (χ4v) is 1.67. The molecule has 1 unspecified atom stereocenters. The average molecular weight is 216 g/mol. The normalized spacial score (nSPS) is 12.5. The Balaban J connectivity index is 2.32. The second-order valence-electron chi connectivity index (χ2n) is 3.69. The number of aromatic nitrogens is 2. The standard InChI is InChI=1S/C11H12N4O/c12-5-1-2-8(13)7-3-4-9-10(6-7)15-11(16)14-9/h3-4,6,8H,1-2,13H2,(H2,14,15,16). The number of fused-ring (bicyclic) bond motifs is 1. The maximum Gasteiger partial charge on any atom is 0.323 e. The number of nitriles is 1. The first kappa shape index (κ1) is 10.5. The van der Waals surface area contributed by atoms with Gasteiger partial charge >= 0.3 is 5.69 Å². The molecule has 2 rings (SSSR count). The highest BCUT2D eigenvalue weighted by Gasteiger charge is 2.07. The molecule has 0 aliphatic carbocycles. The third-order valence-corrected chi connectivity index (χ3v) is 2.54. The first-order chi connectivity index (χ1) is 7.70. The van der Waals surface area contributed by atoms with Gasteiger partial charge < -0.3 is 15.7 Å². The van der Waals surface area contributed by atoms with Crippen LogP contribution in [0.5, 0.6) is 0 Å². The molecule has 0 aliphatic heterocycles. The van der Waals surface area contributed by atoms with E-state index in [1.165, 1.54) is 0 Å². The van der Waals surface area contributed by atoms with Gasteiger partial charge in [0.25, 0.3) is 0 Å². The zero-order valence-electron chi connectivity index (χ0n) is 8.66. The predicted molar refractivity (Wildman–Crippen MR) is 60.7 cm³/mol. The number of hydrogen-bond donors (Lipinski definition) is 3. The summed E-state index contributed by atoms with van der Waals surface area (Å²) in [7, 11) is 0. The van der Waals surface area contributed by atoms with E-state index in [0.29, 0.717) is 12.8 Å². The molecule has 2 aromatic rings. The van der Waals surface area contributed by atoms with Crippen molar-refractivity contribution in [2.75, 3.05) is 0 Å². The molecule has 0 saturated heterocycles. The van der Waals surface area contributed by atoms with Gasteiger partial charge in [-0.05, 0) is 24.1 Å². The van der Waals surface area contributed by atoms with E-state index in [2.05, 4.69) is 16.0 Å². The molecule has 0 aliphatic rings. The number of rotatable bonds is 3. The Morgan fingerprint density at radius 1 is 1.38 bits per heavy atom. The van der Waals surface area contributed by atoms with Crippen LogP contribution in [0.4, 0.5) is 0 Å². The van der Waals surface area contributed by atoms with Crippen molar-refractivity contribution < 1.29 is 0 Å². The first-order valence-electron chi connectivity index (χ1n) is 5.05. The molecule has 0 fully saturated rings. The fourth-order valence-electron chi connectivity index (χ4n) is 1.67. The summed E-state index contributed by atoms with van der Waals surface area (Å²) in [5, 5.41) is 8.48. The van der Waals surface area contributed by atoms with E-state index in [4.69, 9.17) is 11.0 Å². The summed E-state index contributed by atoms with van der Waals surface area (Å²) in [6.07, 6.45) is 1.06. The Morgan fingerprint density at radius 3 is 2.88 bits per heavy atom. The van der Waals surface area contributed by atoms with Gasteiger partial charge in [0, 0.05) is 12.5 Å². The topological polar surface area (TPSA) is 98.5 Å². The van der Waals surface area contributed by atoms with Crippen LogP contribution in [0, 0.1) is 11.3 Å². The maximum atomic E-state index is 11.1. The number of aromatic amines is 2. The van der Waals surface area contributed by atoms with Crippen molar-refractivity contribution in [1.29, 1.82) is 5.26 Å². The molecular weight excluding hydrogens is 204 g/mol. The molecule has 1 heterocycles. The zero-order valence-corrected chi connectivity index (χ0v) is 8.66. The van der Waals surface area contributed by atoms with Gasteiger partial charge in [-0.15, -0.1) is 0 Å². The Kier molecular flexibility index (Phi) is 2.75. The van der Waals surface area contributed by atoms with Crippen LogP contribution in [0.3, 0.4) is 0 Å². The summed E-state index contributed by atoms with van der Waals surface area (Å²) in [5.74, 6) is 0. The molecule has 82 valence electrons. The Labute approximate surface area is 91.9 Å². The van der Waals surface area contributed by atoms with E-state index >= 15 is 0 Å². The van der Waals surface area contributed by atoms with Gasteiger partial charge in [-0.2, -0.15) is 5.26 Å². The molecule has 1 aromatic carbocycles. The van der Waals surface area contributed by atoms with Crippen LogP contribution >= 0.6 is 0 Å². The highest BCUT2D eigenvalue weighted by atomic mass is 16.1. The molecule has 0 amide bonds. The Bertz CT molecular complexity index is 590. The van der Waals surface area contributed by atoms with Crippen molar-refractivity contribution in [2.45, 2.75) is 18.9 Å². The molecule has 0 spiro atoms. The number of H-pyrrole nitrogens is 2. The largest absolute Gasteiger partial charge is 0.324 e. The molecule has 16 heavy (non-hydrogen) atoms. The van der Waals surface area contributed by atoms with E-state index in [9.17, 15) is 4.79 Å². The number of hydrogen-bond acceptors (Lipinski definition) is 3. The van der Waals surface area contributed by atoms with E-state index < -0.39 is 0 Å². The summed E-state index contributed by atoms with van der Waals surface area (Å²) in [6, 6.07) is 7.43. The molecule has 0 saturated carbocycles. The first-order valence-corrected chi connectivity index (χ1v) is 5.05. The van der Waals surface area contributed by atoms with Crippen LogP contribution in [0.1, 0.15) is 24.4 Å². The van der Waals surface area contributed by atoms with E-state index in [0.717, 1.165) is 16.6 Å². The smallest absolute Gasteiger partial charge is 0.323 e. The minimum atomic E-state index is -0.224. The van der Waals surface area contributed by atoms with Gasteiger partial charge in [0.05, 0.1) is 17.1 Å². The molecule has 4 N–H and O–H groups in total. The molecule has 5 nitrogen and oxygen atoms in total. The summed E-state index contributed by atoms with van der Waals surface area (Å²) in [6.45, 7) is 0. The molecule has 1 atom stereocenters. The van der Waals surface area contributed by atoms with Gasteiger partial charge in [0.2, 0.25) is 0 Å². The van der Waals surface area contributed by atoms with Crippen LogP contribution < -0.4 is 11.4 Å². The van der Waals surface area contributed by atoms with Gasteiger partial charge in [-0.3, -0.25) is 0 Å². The highest BCUT2D eigenvalue weighted by Crippen LogP contribution is 2.18. The highest BCUT2D eigenvalue weighted by molar-refractivity contribution is 5.75. The van der Waals surface area contributed by atoms with Crippen molar-refractivity contribution >= 4 is 11.0 Å². The number of imidazole rings is 1. The summed E-state index contributed by atoms with van der Waals surface area (Å²) in [4.78, 5) is 16.4. The van der Waals surface area contributed by atoms with Crippen molar-refractivity contribution in [1.82, 2.24) is 9.97 Å². The number of nitrogens with two attached hydrogens (primary N) is 1. The Hall–Kier alpha value is -2.06. The van der Waals surface area contributed by atoms with Crippen molar-refractivity contribution in [3.63, 3.8) is 0 Å². The molecule has 0 radical (unpaired) electrons. The minimum absolute atomic E-state index is 0.164. The molecule has 5 heteroatoms. The summed E-state index contributed by atoms with van der Waals surface area (Å²) in [5.41, 5.74) is 8.14. The van der Waals surface area contributed by atoms with Gasteiger partial charge in [-0.25, -0.2) is 4.79 Å². The maximum absolute atomic E-state index is 11.1. The third-order valence-electron chi connectivity index (χ3n) is 2.54. The van der Waals surface area contributed by atoms with Crippen molar-refractivity contribution in [2.24, 2.45) is 5.73 Å². The van der Waals surface area contributed by atoms with Crippen molar-refractivity contribution in [3.05, 3.63) is 34.2 Å². The zero-order chi connectivity index (χ0) is 11.5. The summed E-state index contributed by atoms with van der Waals surface area (Å²) >= 11 is 0. The van der Waals surface area contributed by atoms with E-state index in [1.54, 1.807) is 0 Å². The van der Waals surface area contributed by atoms with E-state index in [1.807, 2.05) is 18.2 Å². The van der Waals surface area contributed by atoms with Crippen LogP contribution in [0.15, 0.2) is 23.0 Å². The minimum Gasteiger partial charge on any atom is -0.324 e. The Morgan fingerprint density at radius 2 is 2.12 bits per heavy atom. The van der Waals surface area contributed by atoms with E-state index in [-0.39, 0.29) is 11.7 Å². The molecular formula is C11H12N4O. The second kappa shape index (κ2) is 4.21. The van der Waals surface area contributed by atoms with Crippen LogP contribution in [0.25, 0.3) is 11.0 Å². The lowest BCUT2D eigenvalue weighted by atomic mass is 10.0. The number of nitrogens with one attached hydrogen (secondary N) is 2. The lowest BCUT2D eigenvalue weighted by Gasteiger charge is -2.09. The van der Waals surface area contributed by atoms with Crippen LogP contribution in [-0.2, 0) is 0 Å². The summed E-state index contributed by atoms with van der Waals surface area (Å²) < 4.78 is 0. The quantitative estimate of drug-likeness (QED) is 0.717. The lowest BCUT2D eigenvalue weighted by Crippen LogP contribution is -2.09. The third kappa shape index (κ3) is 1.97. The van der Waals surface area contributed by atoms with Crippen LogP contribution in [-0.4, -0.2) is 9.97 Å². The molecule has 0 bridgehead atoms. The van der Waals surface area contributed by atoms with Crippen molar-refractivity contribution in [3.8, 4) is 6.07 Å². The fraction of sp³-hybridized carbons (Fsp3) is 0.273. The van der Waals surface area contributed by atoms with Crippen LogP contribution in [0.2, 0.25) is 0 Å². The number of nitrogens with zero attached hydrogens (tertiary/aromatic N) is 1. The van der Waals surface area contributed by atoms with Gasteiger partial charge in [-0.1, -0.05) is 6.07 Å². The van der Waals surface area contributed by atoms with Gasteiger partial charge in [0.1, 0.15) is 0 Å². The predicted octanol–water partition coefficient (Wildman–Crippen LogP) is 1.16. The average Bonchev–Trinajstić information content (AvgIpc) is 2.64. The van der Waals surface area contributed by atoms with Gasteiger partial charge in [0.15, 0.2) is 0 Å².